The van der Waals surface area contributed by atoms with Gasteiger partial charge in [-0.15, -0.1) is 0 Å². The highest BCUT2D eigenvalue weighted by Crippen LogP contribution is 2.16. The van der Waals surface area contributed by atoms with Gasteiger partial charge in [-0.05, 0) is 37.1 Å². The van der Waals surface area contributed by atoms with E-state index in [0.29, 0.717) is 23.0 Å². The molecule has 0 aliphatic rings. The van der Waals surface area contributed by atoms with Crippen LogP contribution < -0.4 is 10.1 Å². The number of ether oxygens (including phenoxy) is 1. The zero-order chi connectivity index (χ0) is 16.1. The van der Waals surface area contributed by atoms with Crippen LogP contribution in [0.3, 0.4) is 0 Å². The van der Waals surface area contributed by atoms with Gasteiger partial charge in [-0.25, -0.2) is 0 Å². The molecule has 0 aliphatic carbocycles. The number of amides is 1. The molecule has 1 amide bonds. The topological polar surface area (TPSA) is 90.8 Å². The fourth-order valence-corrected chi connectivity index (χ4v) is 1.79. The van der Waals surface area contributed by atoms with E-state index < -0.39 is 6.10 Å². The molecule has 0 bridgehead atoms. The van der Waals surface area contributed by atoms with Gasteiger partial charge < -0.3 is 10.1 Å². The van der Waals surface area contributed by atoms with E-state index in [0.717, 1.165) is 5.69 Å². The largest absolute Gasteiger partial charge is 0.481 e. The molecule has 0 saturated heterocycles. The van der Waals surface area contributed by atoms with Crippen LogP contribution in [0.2, 0.25) is 0 Å². The Hall–Kier alpha value is -2.81. The summed E-state index contributed by atoms with van der Waals surface area (Å²) in [6.07, 6.45) is -0.674. The molecule has 0 spiro atoms. The van der Waals surface area contributed by atoms with Gasteiger partial charge >= 0.3 is 0 Å². The Balaban J connectivity index is 1.94. The highest BCUT2D eigenvalue weighted by atomic mass is 16.5. The normalized spacial score (nSPS) is 11.8. The fraction of sp³-hybridized carbons (Fsp3) is 0.312. The van der Waals surface area contributed by atoms with Crippen LogP contribution in [0.5, 0.6) is 5.75 Å². The lowest BCUT2D eigenvalue weighted by atomic mass is 10.1. The van der Waals surface area contributed by atoms with Crippen molar-refractivity contribution < 1.29 is 9.53 Å². The number of benzene rings is 1. The molecule has 22 heavy (non-hydrogen) atoms. The maximum absolute atomic E-state index is 12.1. The predicted octanol–water partition coefficient (Wildman–Crippen LogP) is 2.81. The number of aromatic amines is 1. The number of nitriles is 1. The Morgan fingerprint density at radius 2 is 2.00 bits per heavy atom. The molecule has 1 unspecified atom stereocenters. The molecule has 6 heteroatoms. The molecule has 1 aromatic carbocycles. The van der Waals surface area contributed by atoms with E-state index >= 15 is 0 Å². The van der Waals surface area contributed by atoms with Crippen LogP contribution in [0.1, 0.15) is 37.9 Å². The number of hydrogen-bond acceptors (Lipinski definition) is 4. The van der Waals surface area contributed by atoms with Gasteiger partial charge in [0.2, 0.25) is 0 Å². The molecule has 2 rings (SSSR count). The molecule has 6 nitrogen and oxygen atoms in total. The second-order valence-corrected chi connectivity index (χ2v) is 5.25. The number of nitrogens with one attached hydrogen (secondary N) is 2. The van der Waals surface area contributed by atoms with Crippen molar-refractivity contribution in [1.82, 2.24) is 10.2 Å². The summed E-state index contributed by atoms with van der Waals surface area (Å²) in [6, 6.07) is 10.4. The standard InChI is InChI=1S/C16H18N4O2/c1-10(2)14-8-15(20-19-14)18-16(21)11(3)22-13-6-4-12(9-17)5-7-13/h4-8,10-11H,1-3H3,(H2,18,19,20,21). The summed E-state index contributed by atoms with van der Waals surface area (Å²) in [5, 5.41) is 18.4. The number of rotatable bonds is 5. The number of nitrogens with zero attached hydrogens (tertiary/aromatic N) is 2. The fourth-order valence-electron chi connectivity index (χ4n) is 1.79. The first-order chi connectivity index (χ1) is 10.5. The van der Waals surface area contributed by atoms with Gasteiger partial charge in [-0.2, -0.15) is 10.4 Å². The molecule has 114 valence electrons. The third-order valence-electron chi connectivity index (χ3n) is 3.14. The summed E-state index contributed by atoms with van der Waals surface area (Å²) in [4.78, 5) is 12.1. The van der Waals surface area contributed by atoms with Crippen LogP contribution in [-0.2, 0) is 4.79 Å². The van der Waals surface area contributed by atoms with Gasteiger partial charge in [0.15, 0.2) is 11.9 Å². The summed E-state index contributed by atoms with van der Waals surface area (Å²) < 4.78 is 5.54. The van der Waals surface area contributed by atoms with Crippen molar-refractivity contribution in [3.8, 4) is 11.8 Å². The number of hydrogen-bond donors (Lipinski definition) is 2. The van der Waals surface area contributed by atoms with Crippen LogP contribution >= 0.6 is 0 Å². The van der Waals surface area contributed by atoms with Gasteiger partial charge in [0.25, 0.3) is 5.91 Å². The molecular weight excluding hydrogens is 280 g/mol. The average Bonchev–Trinajstić information content (AvgIpc) is 2.96. The van der Waals surface area contributed by atoms with Gasteiger partial charge in [-0.3, -0.25) is 9.89 Å². The van der Waals surface area contributed by atoms with Crippen molar-refractivity contribution >= 4 is 11.7 Å². The van der Waals surface area contributed by atoms with Gasteiger partial charge in [0.1, 0.15) is 5.75 Å². The Bertz CT molecular complexity index is 683. The monoisotopic (exact) mass is 298 g/mol. The Morgan fingerprint density at radius 1 is 1.32 bits per heavy atom. The Kier molecular flexibility index (Phi) is 4.79. The maximum atomic E-state index is 12.1. The molecule has 1 heterocycles. The van der Waals surface area contributed by atoms with E-state index in [9.17, 15) is 4.79 Å². The van der Waals surface area contributed by atoms with Crippen molar-refractivity contribution in [2.75, 3.05) is 5.32 Å². The minimum absolute atomic E-state index is 0.286. The van der Waals surface area contributed by atoms with E-state index in [2.05, 4.69) is 15.5 Å². The summed E-state index contributed by atoms with van der Waals surface area (Å²) in [5.74, 6) is 1.03. The molecule has 0 fully saturated rings. The Labute approximate surface area is 129 Å². The van der Waals surface area contributed by atoms with Crippen molar-refractivity contribution in [3.63, 3.8) is 0 Å². The summed E-state index contributed by atoms with van der Waals surface area (Å²) in [7, 11) is 0. The number of carbonyl (C=O) groups is 1. The highest BCUT2D eigenvalue weighted by Gasteiger charge is 2.16. The van der Waals surface area contributed by atoms with Crippen molar-refractivity contribution in [1.29, 1.82) is 5.26 Å². The quantitative estimate of drug-likeness (QED) is 0.888. The Morgan fingerprint density at radius 3 is 2.55 bits per heavy atom. The van der Waals surface area contributed by atoms with Crippen LogP contribution in [0.25, 0.3) is 0 Å². The third-order valence-corrected chi connectivity index (χ3v) is 3.14. The lowest BCUT2D eigenvalue weighted by Gasteiger charge is -2.13. The minimum atomic E-state index is -0.674. The number of anilines is 1. The lowest BCUT2D eigenvalue weighted by Crippen LogP contribution is -2.30. The molecule has 0 saturated carbocycles. The molecular formula is C16H18N4O2. The van der Waals surface area contributed by atoms with Crippen LogP contribution in [-0.4, -0.2) is 22.2 Å². The molecule has 2 aromatic rings. The summed E-state index contributed by atoms with van der Waals surface area (Å²) >= 11 is 0. The highest BCUT2D eigenvalue weighted by molar-refractivity contribution is 5.93. The van der Waals surface area contributed by atoms with Gasteiger partial charge in [0.05, 0.1) is 11.6 Å². The van der Waals surface area contributed by atoms with Gasteiger partial charge in [-0.1, -0.05) is 13.8 Å². The van der Waals surface area contributed by atoms with Gasteiger partial charge in [0, 0.05) is 11.8 Å². The van der Waals surface area contributed by atoms with E-state index in [-0.39, 0.29) is 5.91 Å². The van der Waals surface area contributed by atoms with Crippen LogP contribution in [0.4, 0.5) is 5.82 Å². The first-order valence-corrected chi connectivity index (χ1v) is 7.02. The number of H-pyrrole nitrogens is 1. The smallest absolute Gasteiger partial charge is 0.266 e. The third kappa shape index (κ3) is 3.85. The lowest BCUT2D eigenvalue weighted by molar-refractivity contribution is -0.122. The first-order valence-electron chi connectivity index (χ1n) is 7.02. The first kappa shape index (κ1) is 15.6. The maximum Gasteiger partial charge on any atom is 0.266 e. The second-order valence-electron chi connectivity index (χ2n) is 5.25. The predicted molar refractivity (Wildman–Crippen MR) is 82.6 cm³/mol. The number of carbonyl (C=O) groups excluding carboxylic acids is 1. The van der Waals surface area contributed by atoms with E-state index in [1.54, 1.807) is 37.3 Å². The van der Waals surface area contributed by atoms with Crippen LogP contribution in [0.15, 0.2) is 30.3 Å². The summed E-state index contributed by atoms with van der Waals surface area (Å²) in [6.45, 7) is 5.73. The summed E-state index contributed by atoms with van der Waals surface area (Å²) in [5.41, 5.74) is 1.50. The van der Waals surface area contributed by atoms with E-state index in [4.69, 9.17) is 10.00 Å². The molecule has 0 aliphatic heterocycles. The van der Waals surface area contributed by atoms with Crippen molar-refractivity contribution in [3.05, 3.63) is 41.6 Å². The molecule has 1 aromatic heterocycles. The van der Waals surface area contributed by atoms with E-state index in [1.165, 1.54) is 0 Å². The number of aromatic nitrogens is 2. The van der Waals surface area contributed by atoms with E-state index in [1.807, 2.05) is 19.9 Å². The van der Waals surface area contributed by atoms with Crippen LogP contribution in [0, 0.1) is 11.3 Å². The van der Waals surface area contributed by atoms with Crippen molar-refractivity contribution in [2.45, 2.75) is 32.8 Å². The zero-order valence-corrected chi connectivity index (χ0v) is 12.8. The van der Waals surface area contributed by atoms with Crippen molar-refractivity contribution in [2.24, 2.45) is 0 Å². The minimum Gasteiger partial charge on any atom is -0.481 e. The molecule has 2 N–H and O–H groups in total. The SMILES string of the molecule is CC(Oc1ccc(C#N)cc1)C(=O)Nc1cc(C(C)C)[nH]n1. The average molecular weight is 298 g/mol. The molecule has 0 radical (unpaired) electrons. The zero-order valence-electron chi connectivity index (χ0n) is 12.8. The second kappa shape index (κ2) is 6.76. The molecule has 1 atom stereocenters.